The molecule has 2 aliphatic rings. The molecule has 250 valence electrons. The van der Waals surface area contributed by atoms with Crippen LogP contribution >= 0.6 is 10.3 Å². The van der Waals surface area contributed by atoms with Crippen LogP contribution in [0.4, 0.5) is 0 Å². The molecule has 5 rings (SSSR count). The molecule has 3 aromatic rings. The molecule has 3 aromatic carbocycles. The van der Waals surface area contributed by atoms with Crippen LogP contribution in [-0.4, -0.2) is 20.0 Å². The van der Waals surface area contributed by atoms with Gasteiger partial charge in [0.2, 0.25) is 0 Å². The number of carbonyl (C=O) groups is 1. The fraction of sp³-hybridized carbons (Fsp3) is 0.525. The van der Waals surface area contributed by atoms with Crippen molar-refractivity contribution in [2.45, 2.75) is 128 Å². The van der Waals surface area contributed by atoms with Gasteiger partial charge in [-0.1, -0.05) is 97.9 Å². The number of fused-ring (bicyclic) bond motifs is 2. The Morgan fingerprint density at radius 3 is 1.52 bits per heavy atom. The maximum absolute atomic E-state index is 15.0. The molecule has 0 N–H and O–H groups in total. The predicted molar refractivity (Wildman–Crippen MR) is 191 cm³/mol. The molecule has 0 amide bonds. The third kappa shape index (κ3) is 5.60. The van der Waals surface area contributed by atoms with Gasteiger partial charge in [0, 0.05) is 21.1 Å². The lowest BCUT2D eigenvalue weighted by atomic mass is 9.70. The molecule has 2 fully saturated rings. The summed E-state index contributed by atoms with van der Waals surface area (Å²) in [5.74, 6) is 0.0461. The molecule has 0 heterocycles. The summed E-state index contributed by atoms with van der Waals surface area (Å²) in [6.07, 6.45) is 6.80. The van der Waals surface area contributed by atoms with Gasteiger partial charge in [-0.25, -0.2) is 3.63 Å². The largest absolute Gasteiger partial charge is 0.299 e. The van der Waals surface area contributed by atoms with E-state index in [1.807, 2.05) is 18.2 Å². The number of carbonyl (C=O) groups excluding carboxylic acids is 1. The number of hydrogen-bond acceptors (Lipinski definition) is 4. The van der Waals surface area contributed by atoms with Gasteiger partial charge >= 0.3 is 0 Å². The second-order valence-electron chi connectivity index (χ2n) is 13.9. The zero-order valence-corrected chi connectivity index (χ0v) is 30.9. The smallest absolute Gasteiger partial charge is 0.278 e. The summed E-state index contributed by atoms with van der Waals surface area (Å²) in [6.45, 7) is 17.2. The highest BCUT2D eigenvalue weighted by molar-refractivity contribution is 8.33. The highest BCUT2D eigenvalue weighted by Gasteiger charge is 2.66. The molecule has 2 unspecified atom stereocenters. The highest BCUT2D eigenvalue weighted by atomic mass is 32.3. The molecular formula is C40H54O4S2. The average molecular weight is 663 g/mol. The Bertz CT molecular complexity index is 1590. The lowest BCUT2D eigenvalue weighted by Crippen LogP contribution is -2.42. The van der Waals surface area contributed by atoms with Gasteiger partial charge in [-0.3, -0.25) is 4.79 Å². The summed E-state index contributed by atoms with van der Waals surface area (Å²) in [5.41, 5.74) is 5.78. The summed E-state index contributed by atoms with van der Waals surface area (Å²) in [5, 5.41) is 0. The van der Waals surface area contributed by atoms with Crippen molar-refractivity contribution in [2.24, 2.45) is 16.7 Å². The quantitative estimate of drug-likeness (QED) is 0.183. The van der Waals surface area contributed by atoms with Crippen molar-refractivity contribution < 1.29 is 16.8 Å². The first-order valence-electron chi connectivity index (χ1n) is 17.5. The van der Waals surface area contributed by atoms with E-state index in [1.165, 1.54) is 11.1 Å². The van der Waals surface area contributed by atoms with Gasteiger partial charge in [0.05, 0.1) is 11.2 Å². The van der Waals surface area contributed by atoms with Crippen molar-refractivity contribution >= 4 is 26.2 Å². The Kier molecular flexibility index (Phi) is 10.0. The third-order valence-corrected chi connectivity index (χ3v) is 17.0. The average Bonchev–Trinajstić information content (AvgIpc) is 3.40. The van der Waals surface area contributed by atoms with Crippen LogP contribution in [0.1, 0.15) is 108 Å². The fourth-order valence-corrected chi connectivity index (χ4v) is 15.6. The maximum atomic E-state index is 15.0. The minimum Gasteiger partial charge on any atom is -0.299 e. The summed E-state index contributed by atoms with van der Waals surface area (Å²) in [4.78, 5) is 16.6. The summed E-state index contributed by atoms with van der Waals surface area (Å²) in [7, 11) is -7.06. The third-order valence-electron chi connectivity index (χ3n) is 11.4. The van der Waals surface area contributed by atoms with Crippen molar-refractivity contribution in [1.82, 2.24) is 0 Å². The molecule has 46 heavy (non-hydrogen) atoms. The molecule has 2 aliphatic carbocycles. The first-order chi connectivity index (χ1) is 21.9. The van der Waals surface area contributed by atoms with E-state index < -0.39 is 25.8 Å². The standard InChI is InChI=1S/C40H54O4S2/c1-9-28-22-30(11-3)37(31(12-4)23-28)46(35-18-16-15-17-19-35,38-32(13-5)24-29(10-2)25-33(38)14-6)44-45(42,43)27-40-21-20-34(26-36(40)41)39(40,7)8/h15-19,22-25,34H,9-14,20-21,26-27H2,1-8H3. The van der Waals surface area contributed by atoms with Crippen LogP contribution in [0.5, 0.6) is 0 Å². The molecule has 0 aliphatic heterocycles. The normalized spacial score (nSPS) is 21.2. The Hall–Kier alpha value is -2.41. The van der Waals surface area contributed by atoms with Gasteiger partial charge in [-0.05, 0) is 119 Å². The molecule has 0 spiro atoms. The van der Waals surface area contributed by atoms with Gasteiger partial charge in [0.1, 0.15) is 5.78 Å². The van der Waals surface area contributed by atoms with E-state index >= 15 is 8.42 Å². The zero-order valence-electron chi connectivity index (χ0n) is 29.3. The Labute approximate surface area is 280 Å². The maximum Gasteiger partial charge on any atom is 0.278 e. The number of aryl methyl sites for hydroxylation is 6. The molecule has 2 saturated carbocycles. The van der Waals surface area contributed by atoms with Crippen LogP contribution in [0.2, 0.25) is 0 Å². The van der Waals surface area contributed by atoms with E-state index in [-0.39, 0.29) is 22.9 Å². The lowest BCUT2D eigenvalue weighted by Gasteiger charge is -2.45. The van der Waals surface area contributed by atoms with Crippen LogP contribution in [0.15, 0.2) is 69.3 Å². The molecule has 6 heteroatoms. The fourth-order valence-electron chi connectivity index (χ4n) is 8.50. The van der Waals surface area contributed by atoms with Crippen LogP contribution in [0.3, 0.4) is 0 Å². The summed E-state index contributed by atoms with van der Waals surface area (Å²) in [6, 6.07) is 19.2. The minimum atomic E-state index is -4.23. The number of ketones is 1. The number of hydrogen-bond donors (Lipinski definition) is 0. The lowest BCUT2D eigenvalue weighted by molar-refractivity contribution is -0.128. The van der Waals surface area contributed by atoms with E-state index in [0.29, 0.717) is 12.8 Å². The number of benzene rings is 3. The van der Waals surface area contributed by atoms with E-state index in [2.05, 4.69) is 91.8 Å². The van der Waals surface area contributed by atoms with Crippen LogP contribution < -0.4 is 0 Å². The first kappa shape index (κ1) is 34.9. The number of Topliss-reactive ketones (excluding diaryl/α,β-unsaturated/α-hetero) is 1. The van der Waals surface area contributed by atoms with Gasteiger partial charge in [-0.2, -0.15) is 8.42 Å². The zero-order chi connectivity index (χ0) is 33.5. The molecule has 2 atom stereocenters. The van der Waals surface area contributed by atoms with Crippen LogP contribution in [-0.2, 0) is 57.1 Å². The SMILES string of the molecule is CCc1cc(CC)c(S(OS(=O)(=O)CC23CCC(CC2=O)C3(C)C)(c2ccccc2)c2c(CC)cc(CC)cc2CC)c(CC)c1. The topological polar surface area (TPSA) is 60.4 Å². The van der Waals surface area contributed by atoms with Gasteiger partial charge in [0.15, 0.2) is 0 Å². The monoisotopic (exact) mass is 662 g/mol. The summed E-state index contributed by atoms with van der Waals surface area (Å²) < 4.78 is 37.2. The van der Waals surface area contributed by atoms with Crippen LogP contribution in [0.25, 0.3) is 0 Å². The van der Waals surface area contributed by atoms with Crippen LogP contribution in [0, 0.1) is 16.7 Å². The van der Waals surface area contributed by atoms with Crippen molar-refractivity contribution in [3.8, 4) is 0 Å². The Balaban J connectivity index is 1.92. The van der Waals surface area contributed by atoms with Gasteiger partial charge in [0.25, 0.3) is 10.1 Å². The molecule has 0 radical (unpaired) electrons. The molecule has 0 saturated heterocycles. The van der Waals surface area contributed by atoms with Crippen molar-refractivity contribution in [3.63, 3.8) is 0 Å². The highest BCUT2D eigenvalue weighted by Crippen LogP contribution is 2.74. The van der Waals surface area contributed by atoms with Gasteiger partial charge in [-0.15, -0.1) is 0 Å². The molecule has 2 bridgehead atoms. The van der Waals surface area contributed by atoms with Gasteiger partial charge < -0.3 is 0 Å². The molecular weight excluding hydrogens is 609 g/mol. The van der Waals surface area contributed by atoms with Crippen molar-refractivity contribution in [2.75, 3.05) is 5.75 Å². The van der Waals surface area contributed by atoms with E-state index in [1.54, 1.807) is 0 Å². The predicted octanol–water partition coefficient (Wildman–Crippen LogP) is 10.00. The Morgan fingerprint density at radius 2 is 1.17 bits per heavy atom. The Morgan fingerprint density at radius 1 is 0.717 bits per heavy atom. The van der Waals surface area contributed by atoms with Crippen molar-refractivity contribution in [1.29, 1.82) is 0 Å². The minimum absolute atomic E-state index is 0.0906. The van der Waals surface area contributed by atoms with E-state index in [9.17, 15) is 4.79 Å². The molecule has 4 nitrogen and oxygen atoms in total. The van der Waals surface area contributed by atoms with E-state index in [4.69, 9.17) is 3.63 Å². The second kappa shape index (κ2) is 13.2. The second-order valence-corrected chi connectivity index (χ2v) is 18.3. The first-order valence-corrected chi connectivity index (χ1v) is 20.7. The molecule has 0 aromatic heterocycles. The summed E-state index contributed by atoms with van der Waals surface area (Å²) >= 11 is 0. The van der Waals surface area contributed by atoms with E-state index in [0.717, 1.165) is 81.9 Å². The number of rotatable bonds is 13. The van der Waals surface area contributed by atoms with Crippen molar-refractivity contribution in [3.05, 3.63) is 88.0 Å².